The lowest BCUT2D eigenvalue weighted by molar-refractivity contribution is -0.119. The van der Waals surface area contributed by atoms with Gasteiger partial charge in [-0.15, -0.1) is 0 Å². The van der Waals surface area contributed by atoms with Crippen LogP contribution in [0.4, 0.5) is 11.4 Å². The van der Waals surface area contributed by atoms with E-state index in [-0.39, 0.29) is 16.7 Å². The van der Waals surface area contributed by atoms with E-state index in [4.69, 9.17) is 0 Å². The molecule has 0 bridgehead atoms. The Bertz CT molecular complexity index is 1050. The van der Waals surface area contributed by atoms with Gasteiger partial charge in [-0.3, -0.25) is 9.52 Å². The van der Waals surface area contributed by atoms with Gasteiger partial charge in [0.2, 0.25) is 5.91 Å². The monoisotopic (exact) mass is 512 g/mol. The third-order valence-electron chi connectivity index (χ3n) is 4.89. The predicted octanol–water partition coefficient (Wildman–Crippen LogP) is 4.62. The standard InChI is InChI=1S/C19H18Br2N2O3S/c1-11-8-15(4-5-16(11)21)22-27(25,26)17-10-14(20)9-13-6-7-23(18(13)17)19(24)12-2-3-12/h4-5,8-10,12,22H,2-3,6-7H2,1H3. The van der Waals surface area contributed by atoms with E-state index in [9.17, 15) is 13.2 Å². The molecule has 8 heteroatoms. The minimum Gasteiger partial charge on any atom is -0.310 e. The molecule has 5 nitrogen and oxygen atoms in total. The smallest absolute Gasteiger partial charge is 0.264 e. The van der Waals surface area contributed by atoms with Crippen molar-refractivity contribution in [2.45, 2.75) is 31.1 Å². The molecule has 1 heterocycles. The first-order valence-electron chi connectivity index (χ1n) is 8.69. The summed E-state index contributed by atoms with van der Waals surface area (Å²) >= 11 is 6.83. The zero-order valence-electron chi connectivity index (χ0n) is 14.6. The van der Waals surface area contributed by atoms with Crippen molar-refractivity contribution in [3.8, 4) is 0 Å². The molecule has 1 saturated carbocycles. The van der Waals surface area contributed by atoms with Gasteiger partial charge in [0.15, 0.2) is 0 Å². The summed E-state index contributed by atoms with van der Waals surface area (Å²) in [5.41, 5.74) is 2.82. The molecule has 0 unspecified atom stereocenters. The number of hydrogen-bond acceptors (Lipinski definition) is 3. The van der Waals surface area contributed by atoms with Crippen molar-refractivity contribution in [3.63, 3.8) is 0 Å². The van der Waals surface area contributed by atoms with E-state index in [1.54, 1.807) is 29.2 Å². The normalized spacial score (nSPS) is 16.3. The zero-order chi connectivity index (χ0) is 19.3. The molecule has 0 saturated heterocycles. The van der Waals surface area contributed by atoms with Crippen LogP contribution in [0.2, 0.25) is 0 Å². The molecule has 27 heavy (non-hydrogen) atoms. The van der Waals surface area contributed by atoms with Crippen LogP contribution >= 0.6 is 31.9 Å². The van der Waals surface area contributed by atoms with Gasteiger partial charge in [-0.1, -0.05) is 31.9 Å². The second-order valence-corrected chi connectivity index (χ2v) is 10.4. The molecule has 1 N–H and O–H groups in total. The number of anilines is 2. The van der Waals surface area contributed by atoms with Crippen LogP contribution in [0.3, 0.4) is 0 Å². The summed E-state index contributed by atoms with van der Waals surface area (Å²) in [4.78, 5) is 14.5. The summed E-state index contributed by atoms with van der Waals surface area (Å²) < 4.78 is 30.6. The van der Waals surface area contributed by atoms with Gasteiger partial charge < -0.3 is 4.90 Å². The van der Waals surface area contributed by atoms with Gasteiger partial charge in [-0.05, 0) is 67.6 Å². The van der Waals surface area contributed by atoms with Crippen molar-refractivity contribution in [3.05, 3.63) is 50.4 Å². The van der Waals surface area contributed by atoms with Gasteiger partial charge in [0.05, 0.1) is 5.69 Å². The van der Waals surface area contributed by atoms with Crippen molar-refractivity contribution >= 4 is 59.2 Å². The molecule has 4 rings (SSSR count). The maximum atomic E-state index is 13.2. The molecule has 0 aromatic heterocycles. The lowest BCUT2D eigenvalue weighted by Crippen LogP contribution is -2.31. The second-order valence-electron chi connectivity index (χ2n) is 7.00. The Morgan fingerprint density at radius 1 is 1.19 bits per heavy atom. The number of fused-ring (bicyclic) bond motifs is 1. The van der Waals surface area contributed by atoms with Crippen LogP contribution in [-0.2, 0) is 21.2 Å². The number of sulfonamides is 1. The largest absolute Gasteiger partial charge is 0.310 e. The first kappa shape index (κ1) is 19.0. The molecule has 2 aromatic carbocycles. The van der Waals surface area contributed by atoms with E-state index in [0.29, 0.717) is 28.8 Å². The second kappa shape index (κ2) is 6.90. The number of amides is 1. The van der Waals surface area contributed by atoms with Crippen LogP contribution in [0.1, 0.15) is 24.0 Å². The summed E-state index contributed by atoms with van der Waals surface area (Å²) in [6.45, 7) is 2.43. The molecule has 1 fully saturated rings. The van der Waals surface area contributed by atoms with E-state index in [1.807, 2.05) is 13.0 Å². The Morgan fingerprint density at radius 3 is 2.59 bits per heavy atom. The number of hydrogen-bond donors (Lipinski definition) is 1. The summed E-state index contributed by atoms with van der Waals surface area (Å²) in [6.07, 6.45) is 2.44. The molecule has 1 aliphatic carbocycles. The molecule has 1 amide bonds. The highest BCUT2D eigenvalue weighted by atomic mass is 79.9. The minimum atomic E-state index is -3.85. The molecular formula is C19H18Br2N2O3S. The highest BCUT2D eigenvalue weighted by Crippen LogP contribution is 2.41. The van der Waals surface area contributed by atoms with Crippen molar-refractivity contribution in [2.24, 2.45) is 5.92 Å². The molecule has 0 spiro atoms. The summed E-state index contributed by atoms with van der Waals surface area (Å²) in [5, 5.41) is 0. The number of nitrogens with one attached hydrogen (secondary N) is 1. The Labute approximate surface area is 175 Å². The fraction of sp³-hybridized carbons (Fsp3) is 0.316. The molecule has 1 aliphatic heterocycles. The summed E-state index contributed by atoms with van der Waals surface area (Å²) in [7, 11) is -3.85. The third-order valence-corrected chi connectivity index (χ3v) is 7.63. The molecule has 142 valence electrons. The third kappa shape index (κ3) is 3.67. The van der Waals surface area contributed by atoms with Crippen molar-refractivity contribution < 1.29 is 13.2 Å². The average molecular weight is 514 g/mol. The first-order valence-corrected chi connectivity index (χ1v) is 11.8. The molecular weight excluding hydrogens is 496 g/mol. The van der Waals surface area contributed by atoms with Gasteiger partial charge in [0.1, 0.15) is 4.90 Å². The molecule has 2 aromatic rings. The first-order chi connectivity index (χ1) is 12.8. The van der Waals surface area contributed by atoms with Crippen LogP contribution in [0, 0.1) is 12.8 Å². The lowest BCUT2D eigenvalue weighted by atomic mass is 10.2. The van der Waals surface area contributed by atoms with Crippen molar-refractivity contribution in [1.29, 1.82) is 0 Å². The van der Waals surface area contributed by atoms with Crippen LogP contribution in [-0.4, -0.2) is 20.9 Å². The van der Waals surface area contributed by atoms with E-state index < -0.39 is 10.0 Å². The maximum absolute atomic E-state index is 13.2. The number of carbonyl (C=O) groups excluding carboxylic acids is 1. The van der Waals surface area contributed by atoms with Gasteiger partial charge >= 0.3 is 0 Å². The highest BCUT2D eigenvalue weighted by Gasteiger charge is 2.39. The fourth-order valence-corrected chi connectivity index (χ4v) is 5.59. The number of benzene rings is 2. The number of nitrogens with zero attached hydrogens (tertiary/aromatic N) is 1. The Hall–Kier alpha value is -1.38. The quantitative estimate of drug-likeness (QED) is 0.648. The lowest BCUT2D eigenvalue weighted by Gasteiger charge is -2.21. The fourth-order valence-electron chi connectivity index (χ4n) is 3.36. The topological polar surface area (TPSA) is 66.5 Å². The zero-order valence-corrected chi connectivity index (χ0v) is 18.6. The van der Waals surface area contributed by atoms with Crippen LogP contribution in [0.25, 0.3) is 0 Å². The van der Waals surface area contributed by atoms with Gasteiger partial charge in [-0.2, -0.15) is 0 Å². The number of carbonyl (C=O) groups is 1. The van der Waals surface area contributed by atoms with Crippen LogP contribution < -0.4 is 9.62 Å². The Morgan fingerprint density at radius 2 is 1.93 bits per heavy atom. The van der Waals surface area contributed by atoms with Crippen LogP contribution in [0.15, 0.2) is 44.2 Å². The highest BCUT2D eigenvalue weighted by molar-refractivity contribution is 9.10. The van der Waals surface area contributed by atoms with E-state index in [0.717, 1.165) is 28.4 Å². The van der Waals surface area contributed by atoms with Crippen LogP contribution in [0.5, 0.6) is 0 Å². The number of aryl methyl sites for hydroxylation is 1. The summed E-state index contributed by atoms with van der Waals surface area (Å²) in [5.74, 6) is 0.0734. The van der Waals surface area contributed by atoms with Gasteiger partial charge in [0.25, 0.3) is 10.0 Å². The van der Waals surface area contributed by atoms with Gasteiger partial charge in [-0.25, -0.2) is 8.42 Å². The number of rotatable bonds is 4. The van der Waals surface area contributed by atoms with Gasteiger partial charge in [0, 0.05) is 27.1 Å². The molecule has 0 atom stereocenters. The molecule has 2 aliphatic rings. The van der Waals surface area contributed by atoms with E-state index in [2.05, 4.69) is 36.6 Å². The predicted molar refractivity (Wildman–Crippen MR) is 113 cm³/mol. The van der Waals surface area contributed by atoms with E-state index >= 15 is 0 Å². The Kier molecular flexibility index (Phi) is 4.84. The maximum Gasteiger partial charge on any atom is 0.264 e. The summed E-state index contributed by atoms with van der Waals surface area (Å²) in [6, 6.07) is 8.76. The van der Waals surface area contributed by atoms with E-state index in [1.165, 1.54) is 0 Å². The SMILES string of the molecule is Cc1cc(NS(=O)(=O)c2cc(Br)cc3c2N(C(=O)C2CC2)CC3)ccc1Br. The molecule has 0 radical (unpaired) electrons. The van der Waals surface area contributed by atoms with Crippen molar-refractivity contribution in [1.82, 2.24) is 0 Å². The minimum absolute atomic E-state index is 0.0343. The Balaban J connectivity index is 1.76. The van der Waals surface area contributed by atoms with Crippen molar-refractivity contribution in [2.75, 3.05) is 16.2 Å². The average Bonchev–Trinajstić information content (AvgIpc) is 3.36. The number of halogens is 2.